The first-order valence-corrected chi connectivity index (χ1v) is 7.96. The van der Waals surface area contributed by atoms with Crippen molar-refractivity contribution in [1.82, 2.24) is 4.98 Å². The van der Waals surface area contributed by atoms with Crippen molar-refractivity contribution in [3.05, 3.63) is 48.5 Å². The number of rotatable bonds is 5. The number of carbonyl (C=O) groups excluding carboxylic acids is 1. The van der Waals surface area contributed by atoms with Gasteiger partial charge < -0.3 is 15.4 Å². The third kappa shape index (κ3) is 5.50. The summed E-state index contributed by atoms with van der Waals surface area (Å²) in [5.74, 6) is -0.637. The lowest BCUT2D eigenvalue weighted by molar-refractivity contribution is -0.274. The van der Waals surface area contributed by atoms with Crippen molar-refractivity contribution in [2.75, 3.05) is 17.2 Å². The maximum absolute atomic E-state index is 12.2. The first-order valence-electron chi connectivity index (χ1n) is 7.14. The molecule has 2 aromatic carbocycles. The maximum atomic E-state index is 12.2. The van der Waals surface area contributed by atoms with E-state index in [0.717, 1.165) is 17.0 Å². The Morgan fingerprint density at radius 2 is 1.88 bits per heavy atom. The van der Waals surface area contributed by atoms with E-state index in [9.17, 15) is 18.0 Å². The normalized spacial score (nSPS) is 10.9. The first-order chi connectivity index (χ1) is 11.9. The third-order valence-electron chi connectivity index (χ3n) is 3.07. The molecule has 0 spiro atoms. The SMILES string of the molecule is Cl.O=C(CNc1ccccc1)Nc1nc2ccc(OC(F)(F)F)cc2s1. The number of thiazole rings is 1. The van der Waals surface area contributed by atoms with E-state index in [1.54, 1.807) is 0 Å². The molecule has 0 bridgehead atoms. The standard InChI is InChI=1S/C16H12F3N3O2S.ClH/c17-16(18,19)24-11-6-7-12-13(8-11)25-15(21-12)22-14(23)9-20-10-4-2-1-3-5-10;/h1-8,20H,9H2,(H,21,22,23);1H. The van der Waals surface area contributed by atoms with E-state index in [4.69, 9.17) is 0 Å². The fourth-order valence-electron chi connectivity index (χ4n) is 2.06. The number of carbonyl (C=O) groups is 1. The monoisotopic (exact) mass is 403 g/mol. The highest BCUT2D eigenvalue weighted by Gasteiger charge is 2.31. The van der Waals surface area contributed by atoms with Crippen molar-refractivity contribution in [1.29, 1.82) is 0 Å². The van der Waals surface area contributed by atoms with Gasteiger partial charge in [-0.2, -0.15) is 0 Å². The van der Waals surface area contributed by atoms with Gasteiger partial charge in [-0.05, 0) is 24.3 Å². The third-order valence-corrected chi connectivity index (χ3v) is 4.00. The van der Waals surface area contributed by atoms with Gasteiger partial charge in [0.15, 0.2) is 5.13 Å². The highest BCUT2D eigenvalue weighted by atomic mass is 35.5. The zero-order valence-electron chi connectivity index (χ0n) is 13.0. The second-order valence-corrected chi connectivity index (χ2v) is 5.99. The molecule has 0 unspecified atom stereocenters. The molecule has 0 radical (unpaired) electrons. The van der Waals surface area contributed by atoms with Gasteiger partial charge in [-0.25, -0.2) is 4.98 Å². The summed E-state index contributed by atoms with van der Waals surface area (Å²) in [6.45, 7) is 0.0440. The zero-order valence-corrected chi connectivity index (χ0v) is 14.7. The van der Waals surface area contributed by atoms with Crippen molar-refractivity contribution in [3.63, 3.8) is 0 Å². The van der Waals surface area contributed by atoms with E-state index in [0.29, 0.717) is 15.3 Å². The van der Waals surface area contributed by atoms with Gasteiger partial charge in [-0.1, -0.05) is 29.5 Å². The van der Waals surface area contributed by atoms with Crippen molar-refractivity contribution in [3.8, 4) is 5.75 Å². The maximum Gasteiger partial charge on any atom is 0.573 e. The minimum Gasteiger partial charge on any atom is -0.406 e. The van der Waals surface area contributed by atoms with Crippen LogP contribution in [0.1, 0.15) is 0 Å². The van der Waals surface area contributed by atoms with Crippen molar-refractivity contribution in [2.45, 2.75) is 6.36 Å². The Hall–Kier alpha value is -2.52. The molecular formula is C16H13ClF3N3O2S. The van der Waals surface area contributed by atoms with Crippen LogP contribution in [0.3, 0.4) is 0 Å². The highest BCUT2D eigenvalue weighted by Crippen LogP contribution is 2.31. The van der Waals surface area contributed by atoms with Crippen LogP contribution in [-0.4, -0.2) is 23.8 Å². The number of fused-ring (bicyclic) bond motifs is 1. The van der Waals surface area contributed by atoms with Crippen LogP contribution in [0.25, 0.3) is 10.2 Å². The second-order valence-electron chi connectivity index (χ2n) is 4.96. The minimum absolute atomic E-state index is 0. The molecule has 0 aliphatic rings. The van der Waals surface area contributed by atoms with Gasteiger partial charge in [0.2, 0.25) is 5.91 Å². The van der Waals surface area contributed by atoms with E-state index < -0.39 is 6.36 Å². The van der Waals surface area contributed by atoms with Gasteiger partial charge in [-0.15, -0.1) is 25.6 Å². The van der Waals surface area contributed by atoms with Crippen LogP contribution in [0.5, 0.6) is 5.75 Å². The predicted octanol–water partition coefficient (Wildman–Crippen LogP) is 4.67. The van der Waals surface area contributed by atoms with Crippen LogP contribution in [-0.2, 0) is 4.79 Å². The summed E-state index contributed by atoms with van der Waals surface area (Å²) in [6, 6.07) is 13.0. The zero-order chi connectivity index (χ0) is 17.9. The molecule has 3 rings (SSSR count). The lowest BCUT2D eigenvalue weighted by atomic mass is 10.3. The molecule has 138 valence electrons. The summed E-state index contributed by atoms with van der Waals surface area (Å²) in [7, 11) is 0. The van der Waals surface area contributed by atoms with Gasteiger partial charge in [-0.3, -0.25) is 4.79 Å². The topological polar surface area (TPSA) is 63.2 Å². The fourth-order valence-corrected chi connectivity index (χ4v) is 2.97. The number of nitrogens with zero attached hydrogens (tertiary/aromatic N) is 1. The molecule has 1 amide bonds. The van der Waals surface area contributed by atoms with Crippen molar-refractivity contribution in [2.24, 2.45) is 0 Å². The van der Waals surface area contributed by atoms with E-state index in [-0.39, 0.29) is 30.6 Å². The molecule has 5 nitrogen and oxygen atoms in total. The number of anilines is 2. The van der Waals surface area contributed by atoms with Crippen LogP contribution >= 0.6 is 23.7 Å². The molecule has 0 saturated heterocycles. The smallest absolute Gasteiger partial charge is 0.406 e. The van der Waals surface area contributed by atoms with E-state index in [1.165, 1.54) is 18.2 Å². The molecule has 10 heteroatoms. The average Bonchev–Trinajstić information content (AvgIpc) is 2.94. The Bertz CT molecular complexity index is 887. The Balaban J connectivity index is 0.00000243. The summed E-state index contributed by atoms with van der Waals surface area (Å²) in [4.78, 5) is 16.1. The Labute approximate surface area is 156 Å². The summed E-state index contributed by atoms with van der Waals surface area (Å²) in [5, 5.41) is 5.87. The number of hydrogen-bond donors (Lipinski definition) is 2. The van der Waals surface area contributed by atoms with Crippen LogP contribution < -0.4 is 15.4 Å². The molecule has 0 fully saturated rings. The Morgan fingerprint density at radius 1 is 1.15 bits per heavy atom. The van der Waals surface area contributed by atoms with Crippen molar-refractivity contribution < 1.29 is 22.7 Å². The molecule has 1 aromatic heterocycles. The van der Waals surface area contributed by atoms with Gasteiger partial charge in [0, 0.05) is 11.8 Å². The van der Waals surface area contributed by atoms with Crippen LogP contribution in [0.2, 0.25) is 0 Å². The number of alkyl halides is 3. The number of aromatic nitrogens is 1. The molecule has 2 N–H and O–H groups in total. The van der Waals surface area contributed by atoms with E-state index in [2.05, 4.69) is 20.4 Å². The van der Waals surface area contributed by atoms with Crippen LogP contribution in [0, 0.1) is 0 Å². The van der Waals surface area contributed by atoms with Gasteiger partial charge in [0.05, 0.1) is 16.8 Å². The number of hydrogen-bond acceptors (Lipinski definition) is 5. The molecule has 0 atom stereocenters. The quantitative estimate of drug-likeness (QED) is 0.650. The van der Waals surface area contributed by atoms with Gasteiger partial charge >= 0.3 is 6.36 Å². The van der Waals surface area contributed by atoms with Crippen LogP contribution in [0.4, 0.5) is 24.0 Å². The number of amides is 1. The lowest BCUT2D eigenvalue weighted by Gasteiger charge is -2.07. The lowest BCUT2D eigenvalue weighted by Crippen LogP contribution is -2.21. The average molecular weight is 404 g/mol. The number of benzene rings is 2. The summed E-state index contributed by atoms with van der Waals surface area (Å²) in [5.41, 5.74) is 1.28. The largest absolute Gasteiger partial charge is 0.573 e. The van der Waals surface area contributed by atoms with Crippen LogP contribution in [0.15, 0.2) is 48.5 Å². The molecule has 26 heavy (non-hydrogen) atoms. The summed E-state index contributed by atoms with van der Waals surface area (Å²) < 4.78 is 41.1. The van der Waals surface area contributed by atoms with E-state index in [1.807, 2.05) is 30.3 Å². The highest BCUT2D eigenvalue weighted by molar-refractivity contribution is 7.22. The number of ether oxygens (including phenoxy) is 1. The van der Waals surface area contributed by atoms with E-state index >= 15 is 0 Å². The molecule has 0 saturated carbocycles. The number of nitrogens with one attached hydrogen (secondary N) is 2. The first kappa shape index (κ1) is 19.8. The van der Waals surface area contributed by atoms with Gasteiger partial charge in [0.1, 0.15) is 5.75 Å². The predicted molar refractivity (Wildman–Crippen MR) is 97.1 cm³/mol. The molecule has 1 heterocycles. The summed E-state index contributed by atoms with van der Waals surface area (Å²) in [6.07, 6.45) is -4.75. The molecule has 0 aliphatic carbocycles. The fraction of sp³-hybridized carbons (Fsp3) is 0.125. The molecular weight excluding hydrogens is 391 g/mol. The van der Waals surface area contributed by atoms with Gasteiger partial charge in [0.25, 0.3) is 0 Å². The Kier molecular flexibility index (Phi) is 6.27. The molecule has 3 aromatic rings. The number of para-hydroxylation sites is 1. The second kappa shape index (κ2) is 8.24. The number of halogens is 4. The van der Waals surface area contributed by atoms with Crippen molar-refractivity contribution >= 4 is 50.7 Å². The molecule has 0 aliphatic heterocycles. The minimum atomic E-state index is -4.75. The Morgan fingerprint density at radius 3 is 2.58 bits per heavy atom. The summed E-state index contributed by atoms with van der Waals surface area (Å²) >= 11 is 1.07.